The number of carbonyl (C=O) groups is 2. The summed E-state index contributed by atoms with van der Waals surface area (Å²) < 4.78 is 36.5. The lowest BCUT2D eigenvalue weighted by Gasteiger charge is -2.18. The maximum absolute atomic E-state index is 13.1. The van der Waals surface area contributed by atoms with Crippen molar-refractivity contribution in [2.45, 2.75) is 61.9 Å². The number of carbonyl (C=O) groups excluding carboxylic acids is 2. The maximum Gasteiger partial charge on any atom is 0.435 e. The molecule has 4 rings (SSSR count). The summed E-state index contributed by atoms with van der Waals surface area (Å²) >= 11 is 0. The van der Waals surface area contributed by atoms with Crippen LogP contribution in [0.4, 0.5) is 10.6 Å². The van der Waals surface area contributed by atoms with Crippen LogP contribution >= 0.6 is 0 Å². The lowest BCUT2D eigenvalue weighted by molar-refractivity contribution is -0.110. The van der Waals surface area contributed by atoms with E-state index >= 15 is 0 Å². The van der Waals surface area contributed by atoms with E-state index in [2.05, 4.69) is 15.6 Å². The Morgan fingerprint density at radius 3 is 2.46 bits per heavy atom. The Morgan fingerprint density at radius 2 is 1.86 bits per heavy atom. The fourth-order valence-corrected chi connectivity index (χ4v) is 4.96. The molecule has 188 valence electrons. The fourth-order valence-electron chi connectivity index (χ4n) is 3.30. The van der Waals surface area contributed by atoms with Crippen LogP contribution in [0.25, 0.3) is 0 Å². The average Bonchev–Trinajstić information content (AvgIpc) is 3.34. The topological polar surface area (TPSA) is 138 Å². The number of hydrogen-bond donors (Lipinski definition) is 1. The fraction of sp³-hybridized carbons (Fsp3) is 0.478. The van der Waals surface area contributed by atoms with E-state index in [1.54, 1.807) is 20.8 Å². The molecule has 2 aromatic rings. The van der Waals surface area contributed by atoms with E-state index in [-0.39, 0.29) is 27.8 Å². The van der Waals surface area contributed by atoms with Gasteiger partial charge in [-0.05, 0) is 45.7 Å². The van der Waals surface area contributed by atoms with E-state index < -0.39 is 27.4 Å². The monoisotopic (exact) mass is 504 g/mol. The number of rotatable bonds is 7. The quantitative estimate of drug-likeness (QED) is 0.449. The van der Waals surface area contributed by atoms with Gasteiger partial charge < -0.3 is 19.6 Å². The lowest BCUT2D eigenvalue weighted by atomic mass is 10.1. The van der Waals surface area contributed by atoms with E-state index in [4.69, 9.17) is 14.3 Å². The van der Waals surface area contributed by atoms with Crippen molar-refractivity contribution in [3.05, 3.63) is 42.1 Å². The second kappa shape index (κ2) is 9.78. The molecule has 1 aromatic heterocycles. The van der Waals surface area contributed by atoms with Gasteiger partial charge in [0.15, 0.2) is 27.5 Å². The highest BCUT2D eigenvalue weighted by atomic mass is 32.2. The molecule has 2 aliphatic rings. The van der Waals surface area contributed by atoms with Crippen molar-refractivity contribution in [2.75, 3.05) is 18.5 Å². The third-order valence-electron chi connectivity index (χ3n) is 5.23. The minimum atomic E-state index is -3.37. The Kier molecular flexibility index (Phi) is 6.95. The van der Waals surface area contributed by atoms with Crippen molar-refractivity contribution in [3.8, 4) is 0 Å². The number of nitrogens with one attached hydrogen (secondary N) is 1. The number of anilines is 1. The molecule has 1 aromatic carbocycles. The summed E-state index contributed by atoms with van der Waals surface area (Å²) in [6.45, 7) is 6.10. The van der Waals surface area contributed by atoms with Crippen LogP contribution in [0.2, 0.25) is 0 Å². The van der Waals surface area contributed by atoms with E-state index in [1.807, 2.05) is 0 Å². The molecule has 1 atom stereocenters. The van der Waals surface area contributed by atoms with Crippen molar-refractivity contribution in [2.24, 2.45) is 5.16 Å². The first-order valence-electron chi connectivity index (χ1n) is 11.3. The van der Waals surface area contributed by atoms with Crippen molar-refractivity contribution >= 4 is 33.4 Å². The predicted molar refractivity (Wildman–Crippen MR) is 126 cm³/mol. The Balaban J connectivity index is 1.53. The van der Waals surface area contributed by atoms with Crippen LogP contribution in [0.15, 0.2) is 46.6 Å². The zero-order valence-electron chi connectivity index (χ0n) is 19.8. The molecule has 0 unspecified atom stereocenters. The molecule has 0 radical (unpaired) electrons. The summed E-state index contributed by atoms with van der Waals surface area (Å²) in [5.74, 6) is -0.540. The molecule has 1 aliphatic carbocycles. The molecule has 2 fully saturated rings. The number of hydrogen-bond acceptors (Lipinski definition) is 9. The molecule has 1 N–H and O–H groups in total. The first kappa shape index (κ1) is 24.9. The van der Waals surface area contributed by atoms with E-state index in [1.165, 1.54) is 36.5 Å². The van der Waals surface area contributed by atoms with Crippen molar-refractivity contribution in [3.63, 3.8) is 0 Å². The van der Waals surface area contributed by atoms with Gasteiger partial charge in [0, 0.05) is 24.2 Å². The number of amides is 1. The number of nitrogens with zero attached hydrogens (tertiary/aromatic N) is 3. The molecule has 1 amide bonds. The standard InChI is InChI=1S/C23H28N4O7S/c1-23(2,3)33-22(29)27-12-10-19(25-27)24-21(28)20(26-34-16-11-13-32-14-16)15-4-6-17(7-5-15)35(30,31)18-8-9-18/h4-7,10,12,16,18H,8-9,11,13-14H2,1-3H3,(H,24,25,28)/t16-/m1/s1. The summed E-state index contributed by atoms with van der Waals surface area (Å²) in [5.41, 5.74) is -0.408. The first-order valence-corrected chi connectivity index (χ1v) is 12.8. The summed E-state index contributed by atoms with van der Waals surface area (Å²) in [4.78, 5) is 31.0. The van der Waals surface area contributed by atoms with Crippen LogP contribution in [0.3, 0.4) is 0 Å². The van der Waals surface area contributed by atoms with Gasteiger partial charge in [0.1, 0.15) is 5.60 Å². The summed E-state index contributed by atoms with van der Waals surface area (Å²) in [7, 11) is -3.37. The molecular weight excluding hydrogens is 476 g/mol. The number of benzene rings is 1. The van der Waals surface area contributed by atoms with Crippen LogP contribution < -0.4 is 5.32 Å². The van der Waals surface area contributed by atoms with Crippen LogP contribution in [0.1, 0.15) is 45.6 Å². The molecule has 0 bridgehead atoms. The normalized spacial score (nSPS) is 18.8. The second-order valence-corrected chi connectivity index (χ2v) is 11.6. The Hall–Kier alpha value is -3.25. The number of aromatic nitrogens is 2. The third-order valence-corrected chi connectivity index (χ3v) is 7.51. The first-order chi connectivity index (χ1) is 16.5. The van der Waals surface area contributed by atoms with Crippen LogP contribution in [-0.4, -0.2) is 66.1 Å². The zero-order valence-corrected chi connectivity index (χ0v) is 20.6. The molecule has 1 saturated carbocycles. The SMILES string of the molecule is CC(C)(C)OC(=O)n1ccc(NC(=O)C(=NO[C@@H]2CCOC2)c2ccc(S(=O)(=O)C3CC3)cc2)n1. The summed E-state index contributed by atoms with van der Waals surface area (Å²) in [5, 5.41) is 10.3. The molecule has 35 heavy (non-hydrogen) atoms. The zero-order chi connectivity index (χ0) is 25.2. The minimum Gasteiger partial charge on any atom is -0.442 e. The Morgan fingerprint density at radius 1 is 1.14 bits per heavy atom. The van der Waals surface area contributed by atoms with Gasteiger partial charge in [-0.2, -0.15) is 4.68 Å². The average molecular weight is 505 g/mol. The van der Waals surface area contributed by atoms with E-state index in [9.17, 15) is 18.0 Å². The van der Waals surface area contributed by atoms with Crippen molar-refractivity contribution in [1.29, 1.82) is 0 Å². The van der Waals surface area contributed by atoms with Gasteiger partial charge in [0.05, 0.1) is 23.4 Å². The summed E-state index contributed by atoms with van der Waals surface area (Å²) in [6.07, 6.45) is 2.34. The van der Waals surface area contributed by atoms with Gasteiger partial charge in [-0.3, -0.25) is 4.79 Å². The minimum absolute atomic E-state index is 0.0703. The van der Waals surface area contributed by atoms with Crippen LogP contribution in [-0.2, 0) is 28.9 Å². The highest BCUT2D eigenvalue weighted by molar-refractivity contribution is 7.92. The Bertz CT molecular complexity index is 1220. The molecule has 1 saturated heterocycles. The highest BCUT2D eigenvalue weighted by Crippen LogP contribution is 2.33. The van der Waals surface area contributed by atoms with Crippen LogP contribution in [0, 0.1) is 0 Å². The molecule has 11 nitrogen and oxygen atoms in total. The number of ether oxygens (including phenoxy) is 2. The molecular formula is C23H28N4O7S. The van der Waals surface area contributed by atoms with Gasteiger partial charge in [-0.1, -0.05) is 17.3 Å². The molecule has 2 heterocycles. The number of sulfone groups is 1. The van der Waals surface area contributed by atoms with Gasteiger partial charge >= 0.3 is 6.09 Å². The van der Waals surface area contributed by atoms with Crippen LogP contribution in [0.5, 0.6) is 0 Å². The maximum atomic E-state index is 13.1. The highest BCUT2D eigenvalue weighted by Gasteiger charge is 2.36. The smallest absolute Gasteiger partial charge is 0.435 e. The molecule has 1 aliphatic heterocycles. The summed E-state index contributed by atoms with van der Waals surface area (Å²) in [6, 6.07) is 7.39. The molecule has 12 heteroatoms. The largest absolute Gasteiger partial charge is 0.442 e. The lowest BCUT2D eigenvalue weighted by Crippen LogP contribution is -2.28. The number of oxime groups is 1. The van der Waals surface area contributed by atoms with Gasteiger partial charge in [0.25, 0.3) is 5.91 Å². The van der Waals surface area contributed by atoms with E-state index in [0.29, 0.717) is 38.0 Å². The Labute approximate surface area is 203 Å². The third kappa shape index (κ3) is 6.25. The van der Waals surface area contributed by atoms with Gasteiger partial charge in [-0.15, -0.1) is 5.10 Å². The van der Waals surface area contributed by atoms with Gasteiger partial charge in [-0.25, -0.2) is 13.2 Å². The predicted octanol–water partition coefficient (Wildman–Crippen LogP) is 2.75. The van der Waals surface area contributed by atoms with Crippen molar-refractivity contribution < 1.29 is 32.3 Å². The van der Waals surface area contributed by atoms with E-state index in [0.717, 1.165) is 4.68 Å². The van der Waals surface area contributed by atoms with Crippen molar-refractivity contribution in [1.82, 2.24) is 9.78 Å². The second-order valence-electron chi connectivity index (χ2n) is 9.38. The van der Waals surface area contributed by atoms with Gasteiger partial charge in [0.2, 0.25) is 0 Å². The molecule has 0 spiro atoms.